The van der Waals surface area contributed by atoms with Gasteiger partial charge in [-0.25, -0.2) is 0 Å². The fraction of sp³-hybridized carbons (Fsp3) is 0.500. The first-order chi connectivity index (χ1) is 12.2. The van der Waals surface area contributed by atoms with Gasteiger partial charge in [0.1, 0.15) is 0 Å². The Bertz CT molecular complexity index is 737. The van der Waals surface area contributed by atoms with E-state index in [0.717, 1.165) is 23.7 Å². The molecule has 25 heavy (non-hydrogen) atoms. The van der Waals surface area contributed by atoms with Gasteiger partial charge >= 0.3 is 0 Å². The summed E-state index contributed by atoms with van der Waals surface area (Å²) in [6.45, 7) is 2.87. The van der Waals surface area contributed by atoms with E-state index in [1.54, 1.807) is 0 Å². The van der Waals surface area contributed by atoms with Crippen LogP contribution in [0.5, 0.6) is 0 Å². The molecule has 0 unspecified atom stereocenters. The Balaban J connectivity index is 1.45. The van der Waals surface area contributed by atoms with Gasteiger partial charge in [0.15, 0.2) is 0 Å². The Kier molecular flexibility index (Phi) is 4.57. The van der Waals surface area contributed by atoms with Crippen molar-refractivity contribution in [1.29, 1.82) is 0 Å². The summed E-state index contributed by atoms with van der Waals surface area (Å²) < 4.78 is 7.89. The molecule has 1 aromatic carbocycles. The molecule has 1 atom stereocenters. The number of nitrogens with zero attached hydrogens (tertiary/aromatic N) is 3. The van der Waals surface area contributed by atoms with Gasteiger partial charge in [-0.1, -0.05) is 30.3 Å². The lowest BCUT2D eigenvalue weighted by Gasteiger charge is -2.33. The molecule has 5 nitrogen and oxygen atoms in total. The van der Waals surface area contributed by atoms with Gasteiger partial charge in [0, 0.05) is 38.2 Å². The second-order valence-electron chi connectivity index (χ2n) is 7.29. The number of rotatable bonds is 6. The van der Waals surface area contributed by atoms with Gasteiger partial charge in [-0.2, -0.15) is 5.10 Å². The SMILES string of the molecule is Cn1ncc2c1[C@H](COCC1CC1)CN(C(=O)Cc1ccccc1)C2. The second-order valence-corrected chi connectivity index (χ2v) is 7.29. The molecule has 2 aromatic rings. The van der Waals surface area contributed by atoms with Crippen LogP contribution in [0, 0.1) is 5.92 Å². The average Bonchev–Trinajstić information content (AvgIpc) is 3.37. The van der Waals surface area contributed by atoms with Crippen molar-refractivity contribution in [3.05, 3.63) is 53.3 Å². The second kappa shape index (κ2) is 7.00. The monoisotopic (exact) mass is 339 g/mol. The van der Waals surface area contributed by atoms with Crippen LogP contribution in [0.1, 0.15) is 35.6 Å². The van der Waals surface area contributed by atoms with E-state index in [1.165, 1.54) is 18.5 Å². The van der Waals surface area contributed by atoms with Crippen LogP contribution in [0.4, 0.5) is 0 Å². The van der Waals surface area contributed by atoms with Gasteiger partial charge < -0.3 is 9.64 Å². The molecule has 5 heteroatoms. The predicted octanol–water partition coefficient (Wildman–Crippen LogP) is 2.52. The number of carbonyl (C=O) groups excluding carboxylic acids is 1. The summed E-state index contributed by atoms with van der Waals surface area (Å²) in [4.78, 5) is 14.7. The zero-order chi connectivity index (χ0) is 17.2. The Morgan fingerprint density at radius 1 is 1.24 bits per heavy atom. The topological polar surface area (TPSA) is 47.4 Å². The summed E-state index contributed by atoms with van der Waals surface area (Å²) in [5, 5.41) is 4.40. The molecule has 1 aliphatic heterocycles. The molecule has 0 saturated heterocycles. The minimum absolute atomic E-state index is 0.174. The predicted molar refractivity (Wildman–Crippen MR) is 95.1 cm³/mol. The molecule has 1 aliphatic carbocycles. The Labute approximate surface area is 148 Å². The number of benzene rings is 1. The Morgan fingerprint density at radius 2 is 2.04 bits per heavy atom. The molecular weight excluding hydrogens is 314 g/mol. The number of aromatic nitrogens is 2. The van der Waals surface area contributed by atoms with E-state index in [4.69, 9.17) is 4.74 Å². The summed E-state index contributed by atoms with van der Waals surface area (Å²) in [5.74, 6) is 1.13. The van der Waals surface area contributed by atoms with Gasteiger partial charge in [0.05, 0.1) is 24.9 Å². The maximum Gasteiger partial charge on any atom is 0.227 e. The summed E-state index contributed by atoms with van der Waals surface area (Å²) in [6, 6.07) is 9.95. The van der Waals surface area contributed by atoms with Gasteiger partial charge in [-0.3, -0.25) is 9.48 Å². The van der Waals surface area contributed by atoms with Gasteiger partial charge in [0.2, 0.25) is 5.91 Å². The van der Waals surface area contributed by atoms with Crippen molar-refractivity contribution < 1.29 is 9.53 Å². The largest absolute Gasteiger partial charge is 0.380 e. The molecule has 0 N–H and O–H groups in total. The fourth-order valence-electron chi connectivity index (χ4n) is 3.63. The van der Waals surface area contributed by atoms with Crippen molar-refractivity contribution in [2.24, 2.45) is 13.0 Å². The molecule has 0 radical (unpaired) electrons. The number of aryl methyl sites for hydroxylation is 1. The van der Waals surface area contributed by atoms with Crippen LogP contribution in [-0.2, 0) is 29.5 Å². The lowest BCUT2D eigenvalue weighted by molar-refractivity contribution is -0.132. The summed E-state index contributed by atoms with van der Waals surface area (Å²) >= 11 is 0. The number of hydrogen-bond donors (Lipinski definition) is 0. The van der Waals surface area contributed by atoms with Crippen molar-refractivity contribution in [3.8, 4) is 0 Å². The molecule has 1 aromatic heterocycles. The molecule has 0 spiro atoms. The smallest absolute Gasteiger partial charge is 0.227 e. The Morgan fingerprint density at radius 3 is 2.80 bits per heavy atom. The van der Waals surface area contributed by atoms with Crippen molar-refractivity contribution in [2.45, 2.75) is 31.7 Å². The highest BCUT2D eigenvalue weighted by Gasteiger charge is 2.31. The van der Waals surface area contributed by atoms with Crippen LogP contribution in [0.25, 0.3) is 0 Å². The Hall–Kier alpha value is -2.14. The van der Waals surface area contributed by atoms with Crippen molar-refractivity contribution >= 4 is 5.91 Å². The van der Waals surface area contributed by atoms with Gasteiger partial charge in [-0.15, -0.1) is 0 Å². The molecule has 1 saturated carbocycles. The fourth-order valence-corrected chi connectivity index (χ4v) is 3.63. The highest BCUT2D eigenvalue weighted by Crippen LogP contribution is 2.31. The van der Waals surface area contributed by atoms with Crippen LogP contribution < -0.4 is 0 Å². The number of hydrogen-bond acceptors (Lipinski definition) is 3. The third-order valence-corrected chi connectivity index (χ3v) is 5.17. The average molecular weight is 339 g/mol. The maximum absolute atomic E-state index is 12.8. The molecule has 132 valence electrons. The highest BCUT2D eigenvalue weighted by atomic mass is 16.5. The van der Waals surface area contributed by atoms with E-state index in [0.29, 0.717) is 26.1 Å². The molecule has 1 fully saturated rings. The highest BCUT2D eigenvalue weighted by molar-refractivity contribution is 5.79. The lowest BCUT2D eigenvalue weighted by atomic mass is 9.96. The summed E-state index contributed by atoms with van der Waals surface area (Å²) in [7, 11) is 1.98. The first kappa shape index (κ1) is 16.3. The standard InChI is InChI=1S/C20H25N3O2/c1-22-20-17(10-21-22)11-23(12-18(20)14-25-13-16-7-8-16)19(24)9-15-5-3-2-4-6-15/h2-6,10,16,18H,7-9,11-14H2,1H3/t18-/m0/s1. The number of ether oxygens (including phenoxy) is 1. The quantitative estimate of drug-likeness (QED) is 0.812. The van der Waals surface area contributed by atoms with Crippen molar-refractivity contribution in [3.63, 3.8) is 0 Å². The third-order valence-electron chi connectivity index (χ3n) is 5.17. The first-order valence-corrected chi connectivity index (χ1v) is 9.11. The van der Waals surface area contributed by atoms with Crippen LogP contribution in [-0.4, -0.2) is 40.3 Å². The van der Waals surface area contributed by atoms with E-state index in [-0.39, 0.29) is 11.8 Å². The van der Waals surface area contributed by atoms with E-state index in [1.807, 2.05) is 53.2 Å². The number of carbonyl (C=O) groups is 1. The van der Waals surface area contributed by atoms with E-state index in [9.17, 15) is 4.79 Å². The third kappa shape index (κ3) is 3.76. The van der Waals surface area contributed by atoms with Crippen LogP contribution in [0.3, 0.4) is 0 Å². The molecule has 4 rings (SSSR count). The lowest BCUT2D eigenvalue weighted by Crippen LogP contribution is -2.40. The van der Waals surface area contributed by atoms with Crippen LogP contribution in [0.2, 0.25) is 0 Å². The van der Waals surface area contributed by atoms with Crippen molar-refractivity contribution in [1.82, 2.24) is 14.7 Å². The van der Waals surface area contributed by atoms with Gasteiger partial charge in [0.25, 0.3) is 0 Å². The minimum Gasteiger partial charge on any atom is -0.380 e. The molecule has 2 aliphatic rings. The first-order valence-electron chi connectivity index (χ1n) is 9.11. The van der Waals surface area contributed by atoms with E-state index >= 15 is 0 Å². The van der Waals surface area contributed by atoms with Crippen LogP contribution >= 0.6 is 0 Å². The van der Waals surface area contributed by atoms with Crippen molar-refractivity contribution in [2.75, 3.05) is 19.8 Å². The molecule has 2 heterocycles. The maximum atomic E-state index is 12.8. The van der Waals surface area contributed by atoms with Gasteiger partial charge in [-0.05, 0) is 24.3 Å². The molecule has 0 bridgehead atoms. The molecule has 1 amide bonds. The van der Waals surface area contributed by atoms with E-state index < -0.39 is 0 Å². The van der Waals surface area contributed by atoms with Crippen LogP contribution in [0.15, 0.2) is 36.5 Å². The molecular formula is C20H25N3O2. The minimum atomic E-state index is 0.174. The summed E-state index contributed by atoms with van der Waals surface area (Å²) in [6.07, 6.45) is 4.93. The number of amides is 1. The zero-order valence-electron chi connectivity index (χ0n) is 14.7. The normalized spacial score (nSPS) is 19.7. The number of fused-ring (bicyclic) bond motifs is 1. The van der Waals surface area contributed by atoms with E-state index in [2.05, 4.69) is 5.10 Å². The summed E-state index contributed by atoms with van der Waals surface area (Å²) in [5.41, 5.74) is 3.43. The zero-order valence-corrected chi connectivity index (χ0v) is 14.7.